The van der Waals surface area contributed by atoms with Gasteiger partial charge in [-0.1, -0.05) is 35.9 Å². The molecule has 1 heterocycles. The number of hydrogen-bond acceptors (Lipinski definition) is 5. The summed E-state index contributed by atoms with van der Waals surface area (Å²) in [5, 5.41) is 14.4. The van der Waals surface area contributed by atoms with Crippen LogP contribution < -0.4 is 5.32 Å². The van der Waals surface area contributed by atoms with Crippen molar-refractivity contribution in [1.82, 2.24) is 4.98 Å². The third-order valence-corrected chi connectivity index (χ3v) is 3.86. The van der Waals surface area contributed by atoms with E-state index in [-0.39, 0.29) is 17.3 Å². The summed E-state index contributed by atoms with van der Waals surface area (Å²) in [7, 11) is 0. The molecule has 0 fully saturated rings. The van der Waals surface area contributed by atoms with Crippen LogP contribution in [0.15, 0.2) is 66.9 Å². The van der Waals surface area contributed by atoms with E-state index in [1.54, 1.807) is 48.5 Å². The molecule has 7 heteroatoms. The normalized spacial score (nSPS) is 10.3. The molecule has 0 aliphatic heterocycles. The predicted molar refractivity (Wildman–Crippen MR) is 95.5 cm³/mol. The van der Waals surface area contributed by atoms with E-state index in [0.29, 0.717) is 21.8 Å². The molecule has 0 aliphatic carbocycles. The lowest BCUT2D eigenvalue weighted by Crippen LogP contribution is -2.07. The van der Waals surface area contributed by atoms with Crippen molar-refractivity contribution in [1.29, 1.82) is 0 Å². The Morgan fingerprint density at radius 2 is 1.68 bits per heavy atom. The second-order valence-electron chi connectivity index (χ2n) is 5.11. The molecule has 1 aromatic heterocycles. The fourth-order valence-electron chi connectivity index (χ4n) is 2.35. The molecule has 2 aromatic carbocycles. The predicted octanol–water partition coefficient (Wildman–Crippen LogP) is 4.62. The van der Waals surface area contributed by atoms with Crippen LogP contribution in [0.2, 0.25) is 5.02 Å². The highest BCUT2D eigenvalue weighted by atomic mass is 35.5. The van der Waals surface area contributed by atoms with Gasteiger partial charge in [-0.05, 0) is 30.3 Å². The molecule has 0 amide bonds. The van der Waals surface area contributed by atoms with Crippen LogP contribution in [0.5, 0.6) is 0 Å². The Labute approximate surface area is 148 Å². The smallest absolute Gasteiger partial charge is 0.311 e. The molecule has 0 saturated carbocycles. The molecular weight excluding hydrogens is 342 g/mol. The monoisotopic (exact) mass is 353 g/mol. The zero-order chi connectivity index (χ0) is 17.8. The summed E-state index contributed by atoms with van der Waals surface area (Å²) in [5.74, 6) is -0.223. The minimum Gasteiger partial charge on any atom is -0.334 e. The number of halogens is 1. The molecule has 0 bridgehead atoms. The van der Waals surface area contributed by atoms with Crippen LogP contribution in [0.1, 0.15) is 15.9 Å². The van der Waals surface area contributed by atoms with Crippen LogP contribution in [-0.2, 0) is 0 Å². The lowest BCUT2D eigenvalue weighted by atomic mass is 10.0. The molecule has 0 radical (unpaired) electrons. The highest BCUT2D eigenvalue weighted by molar-refractivity contribution is 6.35. The second kappa shape index (κ2) is 7.11. The highest BCUT2D eigenvalue weighted by Crippen LogP contribution is 2.29. The van der Waals surface area contributed by atoms with Gasteiger partial charge in [-0.15, -0.1) is 0 Å². The van der Waals surface area contributed by atoms with E-state index in [1.165, 1.54) is 18.3 Å². The number of hydrogen-bond donors (Lipinski definition) is 1. The van der Waals surface area contributed by atoms with Crippen molar-refractivity contribution in [3.8, 4) is 0 Å². The van der Waals surface area contributed by atoms with Gasteiger partial charge in [-0.3, -0.25) is 14.9 Å². The lowest BCUT2D eigenvalue weighted by molar-refractivity contribution is -0.384. The molecular formula is C18H12ClN3O3. The molecule has 0 atom stereocenters. The molecule has 3 aromatic rings. The Bertz CT molecular complexity index is 960. The van der Waals surface area contributed by atoms with E-state index in [4.69, 9.17) is 11.6 Å². The van der Waals surface area contributed by atoms with Gasteiger partial charge >= 0.3 is 5.69 Å². The third kappa shape index (κ3) is 3.49. The van der Waals surface area contributed by atoms with Gasteiger partial charge in [0.15, 0.2) is 5.78 Å². The SMILES string of the molecule is O=C(c1ccccc1Cl)c1ccccc1Nc1ncccc1[N+](=O)[O-]. The van der Waals surface area contributed by atoms with E-state index < -0.39 is 4.92 Å². The molecule has 124 valence electrons. The number of nitrogens with one attached hydrogen (secondary N) is 1. The standard InChI is InChI=1S/C18H12ClN3O3/c19-14-8-3-1-6-12(14)17(23)13-7-2-4-9-15(13)21-18-16(22(24)25)10-5-11-20-18/h1-11H,(H,20,21). The van der Waals surface area contributed by atoms with Gasteiger partial charge < -0.3 is 5.32 Å². The first-order valence-electron chi connectivity index (χ1n) is 7.32. The maximum atomic E-state index is 12.8. The van der Waals surface area contributed by atoms with Crippen molar-refractivity contribution >= 4 is 34.6 Å². The van der Waals surface area contributed by atoms with E-state index in [1.807, 2.05) is 0 Å². The number of carbonyl (C=O) groups is 1. The van der Waals surface area contributed by atoms with Crippen LogP contribution in [0, 0.1) is 10.1 Å². The number of pyridine rings is 1. The van der Waals surface area contributed by atoms with Crippen molar-refractivity contribution in [3.05, 3.63) is 93.1 Å². The van der Waals surface area contributed by atoms with Crippen molar-refractivity contribution < 1.29 is 9.72 Å². The zero-order valence-electron chi connectivity index (χ0n) is 12.8. The summed E-state index contributed by atoms with van der Waals surface area (Å²) >= 11 is 6.11. The van der Waals surface area contributed by atoms with E-state index in [9.17, 15) is 14.9 Å². The van der Waals surface area contributed by atoms with Crippen molar-refractivity contribution in [3.63, 3.8) is 0 Å². The third-order valence-electron chi connectivity index (χ3n) is 3.53. The Morgan fingerprint density at radius 3 is 2.40 bits per heavy atom. The highest BCUT2D eigenvalue weighted by Gasteiger charge is 2.19. The van der Waals surface area contributed by atoms with E-state index in [2.05, 4.69) is 10.3 Å². The number of nitrogens with zero attached hydrogens (tertiary/aromatic N) is 2. The zero-order valence-corrected chi connectivity index (χ0v) is 13.6. The fourth-order valence-corrected chi connectivity index (χ4v) is 2.57. The van der Waals surface area contributed by atoms with Crippen LogP contribution >= 0.6 is 11.6 Å². The number of anilines is 2. The van der Waals surface area contributed by atoms with Crippen LogP contribution in [0.25, 0.3) is 0 Å². The molecule has 0 unspecified atom stereocenters. The number of nitro groups is 1. The molecule has 25 heavy (non-hydrogen) atoms. The van der Waals surface area contributed by atoms with Crippen molar-refractivity contribution in [2.24, 2.45) is 0 Å². The van der Waals surface area contributed by atoms with Gasteiger partial charge in [0.25, 0.3) is 0 Å². The molecule has 0 aliphatic rings. The van der Waals surface area contributed by atoms with E-state index in [0.717, 1.165) is 0 Å². The average Bonchev–Trinajstić information content (AvgIpc) is 2.62. The summed E-state index contributed by atoms with van der Waals surface area (Å²) in [6, 6.07) is 16.3. The van der Waals surface area contributed by atoms with Crippen molar-refractivity contribution in [2.75, 3.05) is 5.32 Å². The minimum atomic E-state index is -0.534. The minimum absolute atomic E-state index is 0.0620. The summed E-state index contributed by atoms with van der Waals surface area (Å²) in [6.45, 7) is 0. The topological polar surface area (TPSA) is 85.1 Å². The molecule has 3 rings (SSSR count). The van der Waals surface area contributed by atoms with Gasteiger partial charge in [0.2, 0.25) is 5.82 Å². The molecule has 0 spiro atoms. The van der Waals surface area contributed by atoms with Crippen molar-refractivity contribution in [2.45, 2.75) is 0 Å². The van der Waals surface area contributed by atoms with Gasteiger partial charge in [0.05, 0.1) is 15.6 Å². The number of ketones is 1. The van der Waals surface area contributed by atoms with E-state index >= 15 is 0 Å². The summed E-state index contributed by atoms with van der Waals surface area (Å²) in [6.07, 6.45) is 1.44. The number of benzene rings is 2. The van der Waals surface area contributed by atoms with Gasteiger partial charge in [0, 0.05) is 23.4 Å². The van der Waals surface area contributed by atoms with Gasteiger partial charge in [0.1, 0.15) is 0 Å². The summed E-state index contributed by atoms with van der Waals surface area (Å²) in [5.41, 5.74) is 0.932. The number of carbonyl (C=O) groups excluding carboxylic acids is 1. The van der Waals surface area contributed by atoms with Gasteiger partial charge in [-0.25, -0.2) is 4.98 Å². The van der Waals surface area contributed by atoms with Crippen LogP contribution in [0.4, 0.5) is 17.2 Å². The molecule has 0 saturated heterocycles. The first-order valence-corrected chi connectivity index (χ1v) is 7.70. The average molecular weight is 354 g/mol. The number of rotatable bonds is 5. The Hall–Kier alpha value is -3.25. The van der Waals surface area contributed by atoms with Crippen LogP contribution in [0.3, 0.4) is 0 Å². The maximum Gasteiger partial charge on any atom is 0.311 e. The lowest BCUT2D eigenvalue weighted by Gasteiger charge is -2.11. The summed E-state index contributed by atoms with van der Waals surface area (Å²) in [4.78, 5) is 27.4. The van der Waals surface area contributed by atoms with Gasteiger partial charge in [-0.2, -0.15) is 0 Å². The van der Waals surface area contributed by atoms with Crippen LogP contribution in [-0.4, -0.2) is 15.7 Å². The first-order chi connectivity index (χ1) is 12.1. The maximum absolute atomic E-state index is 12.8. The second-order valence-corrected chi connectivity index (χ2v) is 5.51. The Morgan fingerprint density at radius 1 is 1.00 bits per heavy atom. The summed E-state index contributed by atoms with van der Waals surface area (Å²) < 4.78 is 0. The molecule has 1 N–H and O–H groups in total. The molecule has 6 nitrogen and oxygen atoms in total. The number of para-hydroxylation sites is 1. The quantitative estimate of drug-likeness (QED) is 0.411. The Kier molecular flexibility index (Phi) is 4.72. The Balaban J connectivity index is 2.02. The largest absolute Gasteiger partial charge is 0.334 e. The number of aromatic nitrogens is 1. The fraction of sp³-hybridized carbons (Fsp3) is 0. The first kappa shape index (κ1) is 16.6.